The first-order valence-corrected chi connectivity index (χ1v) is 7.98. The van der Waals surface area contributed by atoms with Gasteiger partial charge in [-0.2, -0.15) is 0 Å². The predicted octanol–water partition coefficient (Wildman–Crippen LogP) is 4.17. The summed E-state index contributed by atoms with van der Waals surface area (Å²) in [6, 6.07) is 4.34. The van der Waals surface area contributed by atoms with Gasteiger partial charge in [-0.25, -0.2) is 4.98 Å². The zero-order valence-electron chi connectivity index (χ0n) is 11.8. The van der Waals surface area contributed by atoms with Gasteiger partial charge < -0.3 is 10.5 Å². The van der Waals surface area contributed by atoms with E-state index >= 15 is 0 Å². The fourth-order valence-electron chi connectivity index (χ4n) is 3.42. The highest BCUT2D eigenvalue weighted by Gasteiger charge is 2.45. The Morgan fingerprint density at radius 2 is 1.90 bits per heavy atom. The monoisotopic (exact) mass is 286 g/mol. The Morgan fingerprint density at radius 1 is 1.20 bits per heavy atom. The molecule has 104 valence electrons. The second kappa shape index (κ2) is 3.98. The summed E-state index contributed by atoms with van der Waals surface area (Å²) < 4.78 is 6.47. The van der Waals surface area contributed by atoms with Gasteiger partial charge in [-0.3, -0.25) is 0 Å². The van der Waals surface area contributed by atoms with Crippen LogP contribution in [0.15, 0.2) is 12.1 Å². The lowest BCUT2D eigenvalue weighted by Gasteiger charge is -2.35. The molecule has 3 nitrogen and oxygen atoms in total. The van der Waals surface area contributed by atoms with Crippen molar-refractivity contribution in [1.82, 2.24) is 4.98 Å². The zero-order chi connectivity index (χ0) is 13.9. The molecular formula is C16H18N2OS. The number of anilines is 1. The Morgan fingerprint density at radius 3 is 2.65 bits per heavy atom. The van der Waals surface area contributed by atoms with Crippen molar-refractivity contribution in [1.29, 1.82) is 0 Å². The fourth-order valence-corrected chi connectivity index (χ4v) is 4.45. The number of benzene rings is 1. The van der Waals surface area contributed by atoms with Gasteiger partial charge in [0.25, 0.3) is 0 Å². The third-order valence-corrected chi connectivity index (χ3v) is 5.70. The minimum Gasteiger partial charge on any atom is -0.481 e. The van der Waals surface area contributed by atoms with Crippen molar-refractivity contribution in [2.45, 2.75) is 45.1 Å². The topological polar surface area (TPSA) is 48.1 Å². The van der Waals surface area contributed by atoms with Crippen molar-refractivity contribution < 1.29 is 4.74 Å². The van der Waals surface area contributed by atoms with Crippen LogP contribution in [0.5, 0.6) is 5.75 Å². The molecular weight excluding hydrogens is 268 g/mol. The van der Waals surface area contributed by atoms with Crippen LogP contribution in [-0.4, -0.2) is 4.98 Å². The molecule has 0 saturated heterocycles. The van der Waals surface area contributed by atoms with Crippen LogP contribution < -0.4 is 10.5 Å². The Kier molecular flexibility index (Phi) is 2.43. The van der Waals surface area contributed by atoms with E-state index in [9.17, 15) is 0 Å². The summed E-state index contributed by atoms with van der Waals surface area (Å²) in [6.45, 7) is 4.26. The molecule has 0 unspecified atom stereocenters. The van der Waals surface area contributed by atoms with Crippen molar-refractivity contribution in [3.8, 4) is 17.0 Å². The number of fused-ring (bicyclic) bond motifs is 4. The zero-order valence-corrected chi connectivity index (χ0v) is 12.6. The molecule has 0 amide bonds. The molecule has 4 rings (SSSR count). The Labute approximate surface area is 122 Å². The van der Waals surface area contributed by atoms with E-state index in [2.05, 4.69) is 31.0 Å². The predicted molar refractivity (Wildman–Crippen MR) is 82.2 cm³/mol. The van der Waals surface area contributed by atoms with Crippen LogP contribution in [0.25, 0.3) is 11.3 Å². The number of nitrogens with two attached hydrogens (primary N) is 1. The SMILES string of the molecule is Cc1cc2c(cc1C)-c1nc(N)sc1C1(CCCC1)O2. The minimum absolute atomic E-state index is 0.167. The first kappa shape index (κ1) is 12.2. The fraction of sp³-hybridized carbons (Fsp3) is 0.438. The molecule has 0 bridgehead atoms. The highest BCUT2D eigenvalue weighted by atomic mass is 32.1. The van der Waals surface area contributed by atoms with E-state index in [1.807, 2.05) is 0 Å². The molecule has 1 aliphatic carbocycles. The molecule has 20 heavy (non-hydrogen) atoms. The normalized spacial score (nSPS) is 18.7. The molecule has 2 heterocycles. The summed E-state index contributed by atoms with van der Waals surface area (Å²) in [6.07, 6.45) is 4.59. The minimum atomic E-state index is -0.167. The summed E-state index contributed by atoms with van der Waals surface area (Å²) in [5, 5.41) is 0.649. The number of hydrogen-bond donors (Lipinski definition) is 1. The van der Waals surface area contributed by atoms with Crippen LogP contribution in [0.4, 0.5) is 5.13 Å². The number of aromatic nitrogens is 1. The van der Waals surface area contributed by atoms with E-state index in [4.69, 9.17) is 10.5 Å². The van der Waals surface area contributed by atoms with Gasteiger partial charge in [-0.15, -0.1) is 0 Å². The molecule has 0 atom stereocenters. The summed E-state index contributed by atoms with van der Waals surface area (Å²) in [5.74, 6) is 0.979. The van der Waals surface area contributed by atoms with Crippen LogP contribution in [0.3, 0.4) is 0 Å². The molecule has 1 aromatic heterocycles. The van der Waals surface area contributed by atoms with E-state index in [-0.39, 0.29) is 5.60 Å². The van der Waals surface area contributed by atoms with Gasteiger partial charge in [0.15, 0.2) is 5.13 Å². The number of aryl methyl sites for hydroxylation is 2. The molecule has 1 spiro atoms. The lowest BCUT2D eigenvalue weighted by molar-refractivity contribution is 0.0747. The van der Waals surface area contributed by atoms with Gasteiger partial charge in [0, 0.05) is 5.56 Å². The molecule has 1 fully saturated rings. The van der Waals surface area contributed by atoms with E-state index in [0.717, 1.165) is 29.8 Å². The number of hydrogen-bond acceptors (Lipinski definition) is 4. The summed E-state index contributed by atoms with van der Waals surface area (Å²) in [5.41, 5.74) is 10.5. The lowest BCUT2D eigenvalue weighted by atomic mass is 9.91. The number of nitrogen functional groups attached to an aromatic ring is 1. The first-order valence-electron chi connectivity index (χ1n) is 7.16. The highest BCUT2D eigenvalue weighted by Crippen LogP contribution is 2.54. The molecule has 2 aliphatic rings. The van der Waals surface area contributed by atoms with E-state index < -0.39 is 0 Å². The highest BCUT2D eigenvalue weighted by molar-refractivity contribution is 7.16. The van der Waals surface area contributed by atoms with Gasteiger partial charge in [-0.1, -0.05) is 11.3 Å². The molecule has 2 N–H and O–H groups in total. The summed E-state index contributed by atoms with van der Waals surface area (Å²) >= 11 is 1.60. The van der Waals surface area contributed by atoms with Crippen molar-refractivity contribution in [2.24, 2.45) is 0 Å². The van der Waals surface area contributed by atoms with Gasteiger partial charge >= 0.3 is 0 Å². The molecule has 1 aliphatic heterocycles. The van der Waals surface area contributed by atoms with E-state index in [1.165, 1.54) is 28.8 Å². The smallest absolute Gasteiger partial charge is 0.180 e. The van der Waals surface area contributed by atoms with Crippen molar-refractivity contribution in [3.05, 3.63) is 28.1 Å². The quantitative estimate of drug-likeness (QED) is 0.790. The Hall–Kier alpha value is -1.55. The number of nitrogens with zero attached hydrogens (tertiary/aromatic N) is 1. The average Bonchev–Trinajstić information content (AvgIpc) is 3.00. The van der Waals surface area contributed by atoms with Gasteiger partial charge in [0.05, 0.1) is 10.6 Å². The van der Waals surface area contributed by atoms with Gasteiger partial charge in [0.2, 0.25) is 0 Å². The van der Waals surface area contributed by atoms with Crippen LogP contribution in [0.1, 0.15) is 41.7 Å². The summed E-state index contributed by atoms with van der Waals surface area (Å²) in [7, 11) is 0. The maximum atomic E-state index is 6.47. The Bertz CT molecular complexity index is 699. The van der Waals surface area contributed by atoms with Gasteiger partial charge in [-0.05, 0) is 62.8 Å². The molecule has 1 saturated carbocycles. The molecule has 4 heteroatoms. The van der Waals surface area contributed by atoms with E-state index in [1.54, 1.807) is 11.3 Å². The number of rotatable bonds is 0. The van der Waals surface area contributed by atoms with Gasteiger partial charge in [0.1, 0.15) is 11.4 Å². The van der Waals surface area contributed by atoms with Crippen LogP contribution in [-0.2, 0) is 5.60 Å². The third kappa shape index (κ3) is 1.54. The molecule has 0 radical (unpaired) electrons. The Balaban J connectivity index is 1.99. The lowest BCUT2D eigenvalue weighted by Crippen LogP contribution is -2.32. The second-order valence-corrected chi connectivity index (χ2v) is 7.00. The third-order valence-electron chi connectivity index (χ3n) is 4.63. The maximum Gasteiger partial charge on any atom is 0.180 e. The second-order valence-electron chi connectivity index (χ2n) is 5.97. The summed E-state index contributed by atoms with van der Waals surface area (Å²) in [4.78, 5) is 5.84. The van der Waals surface area contributed by atoms with Crippen LogP contribution in [0.2, 0.25) is 0 Å². The molecule has 1 aromatic carbocycles. The first-order chi connectivity index (χ1) is 9.59. The largest absolute Gasteiger partial charge is 0.481 e. The van der Waals surface area contributed by atoms with Crippen molar-refractivity contribution >= 4 is 16.5 Å². The number of thiazole rings is 1. The maximum absolute atomic E-state index is 6.47. The standard InChI is InChI=1S/C16H18N2OS/c1-9-7-11-12(8-10(9)2)19-16(5-3-4-6-16)14-13(11)18-15(17)20-14/h7-8H,3-6H2,1-2H3,(H2,17,18). The number of ether oxygens (including phenoxy) is 1. The van der Waals surface area contributed by atoms with Crippen LogP contribution >= 0.6 is 11.3 Å². The van der Waals surface area contributed by atoms with Crippen molar-refractivity contribution in [2.75, 3.05) is 5.73 Å². The van der Waals surface area contributed by atoms with Crippen LogP contribution in [0, 0.1) is 13.8 Å². The van der Waals surface area contributed by atoms with E-state index in [0.29, 0.717) is 5.13 Å². The van der Waals surface area contributed by atoms with Crippen molar-refractivity contribution in [3.63, 3.8) is 0 Å². The molecule has 2 aromatic rings. The average molecular weight is 286 g/mol.